The van der Waals surface area contributed by atoms with E-state index < -0.39 is 0 Å². The normalized spacial score (nSPS) is 18.9. The smallest absolute Gasteiger partial charge is 0.229 e. The molecule has 2 N–H and O–H groups in total. The Morgan fingerprint density at radius 1 is 1.45 bits per heavy atom. The molecule has 2 aromatic rings. The van der Waals surface area contributed by atoms with Crippen molar-refractivity contribution in [1.29, 1.82) is 0 Å². The molecule has 106 valence electrons. The zero-order valence-electron chi connectivity index (χ0n) is 10.8. The third-order valence-electron chi connectivity index (χ3n) is 3.25. The Balaban J connectivity index is 1.79. The molecule has 1 aliphatic heterocycles. The van der Waals surface area contributed by atoms with Gasteiger partial charge in [-0.1, -0.05) is 22.8 Å². The molecule has 6 heteroatoms. The molecule has 0 bridgehead atoms. The van der Waals surface area contributed by atoms with Crippen molar-refractivity contribution in [3.05, 3.63) is 29.4 Å². The zero-order valence-corrected chi connectivity index (χ0v) is 12.4. The van der Waals surface area contributed by atoms with Crippen LogP contribution in [0.3, 0.4) is 0 Å². The van der Waals surface area contributed by atoms with Gasteiger partial charge in [-0.3, -0.25) is 0 Å². The van der Waals surface area contributed by atoms with Crippen molar-refractivity contribution in [2.45, 2.75) is 18.9 Å². The van der Waals surface area contributed by atoms with Crippen molar-refractivity contribution < 1.29 is 9.26 Å². The first-order valence-corrected chi connectivity index (χ1v) is 8.02. The molecule has 1 aliphatic rings. The first kappa shape index (κ1) is 13.6. The van der Waals surface area contributed by atoms with E-state index in [1.54, 1.807) is 6.20 Å². The SMILES string of the molecule is Nc1oncc1-c1ccc(OC2CCCSC2)c(Cl)c1. The van der Waals surface area contributed by atoms with Crippen LogP contribution in [-0.4, -0.2) is 22.8 Å². The largest absolute Gasteiger partial charge is 0.488 e. The minimum atomic E-state index is 0.248. The molecule has 0 saturated carbocycles. The third-order valence-corrected chi connectivity index (χ3v) is 4.73. The maximum atomic E-state index is 6.29. The standard InChI is InChI=1S/C14H15ClN2O2S/c15-12-6-9(11-7-17-19-14(11)16)3-4-13(12)18-10-2-1-5-20-8-10/h3-4,6-7,10H,1-2,5,8,16H2. The summed E-state index contributed by atoms with van der Waals surface area (Å²) in [4.78, 5) is 0. The van der Waals surface area contributed by atoms with Crippen LogP contribution in [0.15, 0.2) is 28.9 Å². The Hall–Kier alpha value is -1.33. The van der Waals surface area contributed by atoms with E-state index in [4.69, 9.17) is 26.6 Å². The molecule has 0 spiro atoms. The van der Waals surface area contributed by atoms with Crippen LogP contribution < -0.4 is 10.5 Å². The molecule has 0 amide bonds. The average Bonchev–Trinajstić information content (AvgIpc) is 2.88. The lowest BCUT2D eigenvalue weighted by molar-refractivity contribution is 0.211. The molecule has 20 heavy (non-hydrogen) atoms. The first-order chi connectivity index (χ1) is 9.74. The number of thioether (sulfide) groups is 1. The molecule has 1 aromatic carbocycles. The number of nitrogen functional groups attached to an aromatic ring is 1. The highest BCUT2D eigenvalue weighted by Crippen LogP contribution is 2.34. The Morgan fingerprint density at radius 2 is 2.35 bits per heavy atom. The van der Waals surface area contributed by atoms with E-state index in [2.05, 4.69) is 5.16 Å². The molecule has 1 atom stereocenters. The average molecular weight is 311 g/mol. The monoisotopic (exact) mass is 310 g/mol. The summed E-state index contributed by atoms with van der Waals surface area (Å²) in [7, 11) is 0. The van der Waals surface area contributed by atoms with E-state index in [0.717, 1.165) is 29.1 Å². The molecule has 1 unspecified atom stereocenters. The van der Waals surface area contributed by atoms with Gasteiger partial charge >= 0.3 is 0 Å². The number of benzene rings is 1. The number of aromatic nitrogens is 1. The van der Waals surface area contributed by atoms with Gasteiger partial charge in [0.2, 0.25) is 5.88 Å². The van der Waals surface area contributed by atoms with Crippen LogP contribution in [-0.2, 0) is 0 Å². The van der Waals surface area contributed by atoms with Crippen molar-refractivity contribution >= 4 is 29.2 Å². The summed E-state index contributed by atoms with van der Waals surface area (Å²) < 4.78 is 10.8. The van der Waals surface area contributed by atoms with Crippen molar-refractivity contribution in [2.24, 2.45) is 0 Å². The van der Waals surface area contributed by atoms with Crippen molar-refractivity contribution in [2.75, 3.05) is 17.2 Å². The van der Waals surface area contributed by atoms with Gasteiger partial charge < -0.3 is 15.0 Å². The van der Waals surface area contributed by atoms with Gasteiger partial charge in [-0.2, -0.15) is 11.8 Å². The minimum absolute atomic E-state index is 0.248. The summed E-state index contributed by atoms with van der Waals surface area (Å²) in [5, 5.41) is 4.25. The highest BCUT2D eigenvalue weighted by atomic mass is 35.5. The molecule has 1 fully saturated rings. The molecule has 0 aliphatic carbocycles. The van der Waals surface area contributed by atoms with Crippen molar-refractivity contribution in [3.63, 3.8) is 0 Å². The predicted molar refractivity (Wildman–Crippen MR) is 82.3 cm³/mol. The van der Waals surface area contributed by atoms with E-state index in [1.807, 2.05) is 30.0 Å². The van der Waals surface area contributed by atoms with Gasteiger partial charge in [0.25, 0.3) is 0 Å². The Kier molecular flexibility index (Phi) is 4.08. The molecule has 3 rings (SSSR count). The zero-order chi connectivity index (χ0) is 13.9. The summed E-state index contributed by atoms with van der Waals surface area (Å²) in [5.74, 6) is 3.26. The number of anilines is 1. The van der Waals surface area contributed by atoms with E-state index in [0.29, 0.717) is 10.9 Å². The van der Waals surface area contributed by atoms with E-state index in [-0.39, 0.29) is 6.10 Å². The fraction of sp³-hybridized carbons (Fsp3) is 0.357. The van der Waals surface area contributed by atoms with Gasteiger partial charge in [0, 0.05) is 5.75 Å². The third kappa shape index (κ3) is 2.88. The van der Waals surface area contributed by atoms with Crippen LogP contribution in [0.4, 0.5) is 5.88 Å². The number of hydrogen-bond acceptors (Lipinski definition) is 5. The number of hydrogen-bond donors (Lipinski definition) is 1. The van der Waals surface area contributed by atoms with Crippen LogP contribution in [0.25, 0.3) is 11.1 Å². The number of nitrogens with two attached hydrogens (primary N) is 1. The predicted octanol–water partition coefficient (Wildman–Crippen LogP) is 3.85. The quantitative estimate of drug-likeness (QED) is 0.933. The van der Waals surface area contributed by atoms with E-state index >= 15 is 0 Å². The molecule has 2 heterocycles. The number of ether oxygens (including phenoxy) is 1. The van der Waals surface area contributed by atoms with Gasteiger partial charge in [0.15, 0.2) is 0 Å². The van der Waals surface area contributed by atoms with Crippen LogP contribution >= 0.6 is 23.4 Å². The second kappa shape index (κ2) is 5.97. The topological polar surface area (TPSA) is 61.3 Å². The second-order valence-corrected chi connectivity index (χ2v) is 6.26. The minimum Gasteiger partial charge on any atom is -0.488 e. The van der Waals surface area contributed by atoms with Crippen molar-refractivity contribution in [1.82, 2.24) is 5.16 Å². The summed E-state index contributed by atoms with van der Waals surface area (Å²) in [5.41, 5.74) is 7.32. The van der Waals surface area contributed by atoms with E-state index in [1.165, 1.54) is 12.2 Å². The fourth-order valence-corrected chi connectivity index (χ4v) is 3.47. The summed E-state index contributed by atoms with van der Waals surface area (Å²) in [6.45, 7) is 0. The summed E-state index contributed by atoms with van der Waals surface area (Å²) in [6, 6.07) is 5.62. The van der Waals surface area contributed by atoms with Gasteiger partial charge in [-0.05, 0) is 36.3 Å². The molecule has 1 saturated heterocycles. The second-order valence-electron chi connectivity index (χ2n) is 4.71. The van der Waals surface area contributed by atoms with E-state index in [9.17, 15) is 0 Å². The Bertz CT molecular complexity index is 597. The van der Waals surface area contributed by atoms with Gasteiger partial charge in [0.1, 0.15) is 11.9 Å². The number of nitrogens with zero attached hydrogens (tertiary/aromatic N) is 1. The number of rotatable bonds is 3. The molecular formula is C14H15ClN2O2S. The lowest BCUT2D eigenvalue weighted by Gasteiger charge is -2.23. The molecular weight excluding hydrogens is 296 g/mol. The highest BCUT2D eigenvalue weighted by molar-refractivity contribution is 7.99. The van der Waals surface area contributed by atoms with Crippen LogP contribution in [0, 0.1) is 0 Å². The molecule has 4 nitrogen and oxygen atoms in total. The Labute approximate surface area is 126 Å². The van der Waals surface area contributed by atoms with Crippen molar-refractivity contribution in [3.8, 4) is 16.9 Å². The van der Waals surface area contributed by atoms with Gasteiger partial charge in [0.05, 0.1) is 16.8 Å². The highest BCUT2D eigenvalue weighted by Gasteiger charge is 2.17. The lowest BCUT2D eigenvalue weighted by Crippen LogP contribution is -2.23. The Morgan fingerprint density at radius 3 is 3.00 bits per heavy atom. The van der Waals surface area contributed by atoms with Crippen LogP contribution in [0.5, 0.6) is 5.75 Å². The molecule has 0 radical (unpaired) electrons. The lowest BCUT2D eigenvalue weighted by atomic mass is 10.1. The fourth-order valence-electron chi connectivity index (χ4n) is 2.21. The van der Waals surface area contributed by atoms with Gasteiger partial charge in [-0.25, -0.2) is 0 Å². The number of halogens is 1. The maximum Gasteiger partial charge on any atom is 0.229 e. The summed E-state index contributed by atoms with van der Waals surface area (Å²) in [6.07, 6.45) is 4.11. The van der Waals surface area contributed by atoms with Gasteiger partial charge in [-0.15, -0.1) is 0 Å². The maximum absolute atomic E-state index is 6.29. The summed E-state index contributed by atoms with van der Waals surface area (Å²) >= 11 is 8.22. The first-order valence-electron chi connectivity index (χ1n) is 6.48. The van der Waals surface area contributed by atoms with Crippen LogP contribution in [0.2, 0.25) is 5.02 Å². The molecule has 1 aromatic heterocycles. The van der Waals surface area contributed by atoms with Crippen LogP contribution in [0.1, 0.15) is 12.8 Å².